The number of methoxy groups -OCH3 is 3. The molecule has 1 amide bonds. The molecule has 0 spiro atoms. The highest BCUT2D eigenvalue weighted by Gasteiger charge is 2.15. The van der Waals surface area contributed by atoms with Gasteiger partial charge in [-0.05, 0) is 42.8 Å². The second kappa shape index (κ2) is 9.40. The average Bonchev–Trinajstić information content (AvgIpc) is 2.72. The van der Waals surface area contributed by atoms with Gasteiger partial charge in [-0.15, -0.1) is 0 Å². The number of aryl methyl sites for hydroxylation is 1. The van der Waals surface area contributed by atoms with E-state index in [2.05, 4.69) is 10.1 Å². The fourth-order valence-corrected chi connectivity index (χ4v) is 2.37. The van der Waals surface area contributed by atoms with Crippen LogP contribution in [0.3, 0.4) is 0 Å². The number of hydrogen-bond acceptors (Lipinski definition) is 7. The summed E-state index contributed by atoms with van der Waals surface area (Å²) in [7, 11) is 4.20. The summed E-state index contributed by atoms with van der Waals surface area (Å²) in [6.45, 7) is 1.28. The van der Waals surface area contributed by atoms with Gasteiger partial charge in [0.1, 0.15) is 0 Å². The predicted molar refractivity (Wildman–Crippen MR) is 101 cm³/mol. The Balaban J connectivity index is 2.01. The van der Waals surface area contributed by atoms with E-state index in [1.54, 1.807) is 25.1 Å². The minimum atomic E-state index is -0.684. The van der Waals surface area contributed by atoms with Gasteiger partial charge in [-0.25, -0.2) is 9.59 Å². The van der Waals surface area contributed by atoms with E-state index in [0.29, 0.717) is 22.7 Å². The molecule has 0 saturated carbocycles. The van der Waals surface area contributed by atoms with E-state index < -0.39 is 24.5 Å². The Labute approximate surface area is 162 Å². The van der Waals surface area contributed by atoms with Crippen LogP contribution in [0.1, 0.15) is 26.3 Å². The summed E-state index contributed by atoms with van der Waals surface area (Å²) in [6, 6.07) is 9.30. The Morgan fingerprint density at radius 2 is 1.50 bits per heavy atom. The summed E-state index contributed by atoms with van der Waals surface area (Å²) >= 11 is 0. The first-order valence-electron chi connectivity index (χ1n) is 8.27. The van der Waals surface area contributed by atoms with Gasteiger partial charge in [-0.1, -0.05) is 6.07 Å². The van der Waals surface area contributed by atoms with Crippen LogP contribution < -0.4 is 14.8 Å². The number of anilines is 1. The maximum Gasteiger partial charge on any atom is 0.338 e. The van der Waals surface area contributed by atoms with Gasteiger partial charge >= 0.3 is 11.9 Å². The number of nitrogens with one attached hydrogen (secondary N) is 1. The first kappa shape index (κ1) is 20.8. The Hall–Kier alpha value is -3.55. The monoisotopic (exact) mass is 387 g/mol. The second-order valence-corrected chi connectivity index (χ2v) is 5.72. The molecule has 0 fully saturated rings. The molecule has 148 valence electrons. The summed E-state index contributed by atoms with van der Waals surface area (Å²) in [4.78, 5) is 35.9. The Kier molecular flexibility index (Phi) is 6.97. The van der Waals surface area contributed by atoms with Crippen molar-refractivity contribution in [1.29, 1.82) is 0 Å². The van der Waals surface area contributed by atoms with E-state index in [4.69, 9.17) is 14.2 Å². The van der Waals surface area contributed by atoms with Gasteiger partial charge in [0.15, 0.2) is 18.1 Å². The zero-order valence-corrected chi connectivity index (χ0v) is 16.0. The topological polar surface area (TPSA) is 100 Å². The average molecular weight is 387 g/mol. The largest absolute Gasteiger partial charge is 0.493 e. The van der Waals surface area contributed by atoms with Crippen molar-refractivity contribution in [2.24, 2.45) is 0 Å². The van der Waals surface area contributed by atoms with E-state index in [0.717, 1.165) is 5.56 Å². The minimum Gasteiger partial charge on any atom is -0.493 e. The first-order valence-corrected chi connectivity index (χ1v) is 8.27. The van der Waals surface area contributed by atoms with Gasteiger partial charge in [-0.3, -0.25) is 4.79 Å². The lowest BCUT2D eigenvalue weighted by Crippen LogP contribution is -2.21. The van der Waals surface area contributed by atoms with Gasteiger partial charge in [-0.2, -0.15) is 0 Å². The highest BCUT2D eigenvalue weighted by Crippen LogP contribution is 2.27. The lowest BCUT2D eigenvalue weighted by molar-refractivity contribution is -0.119. The van der Waals surface area contributed by atoms with Crippen molar-refractivity contribution in [3.63, 3.8) is 0 Å². The van der Waals surface area contributed by atoms with Crippen molar-refractivity contribution in [2.45, 2.75) is 6.92 Å². The van der Waals surface area contributed by atoms with Crippen LogP contribution in [-0.4, -0.2) is 45.8 Å². The van der Waals surface area contributed by atoms with Gasteiger partial charge in [0.2, 0.25) is 0 Å². The van der Waals surface area contributed by atoms with Crippen LogP contribution in [0.4, 0.5) is 5.69 Å². The number of carbonyl (C=O) groups excluding carboxylic acids is 3. The Morgan fingerprint density at radius 1 is 0.857 bits per heavy atom. The summed E-state index contributed by atoms with van der Waals surface area (Å²) in [6.07, 6.45) is 0. The molecule has 0 heterocycles. The number of hydrogen-bond donors (Lipinski definition) is 1. The maximum absolute atomic E-state index is 12.2. The normalized spacial score (nSPS) is 10.0. The summed E-state index contributed by atoms with van der Waals surface area (Å²) in [5.41, 5.74) is 1.68. The zero-order valence-electron chi connectivity index (χ0n) is 16.0. The number of carbonyl (C=O) groups is 3. The van der Waals surface area contributed by atoms with Crippen molar-refractivity contribution in [3.05, 3.63) is 53.1 Å². The van der Waals surface area contributed by atoms with Gasteiger partial charge in [0.05, 0.1) is 32.5 Å². The van der Waals surface area contributed by atoms with Crippen LogP contribution >= 0.6 is 0 Å². The lowest BCUT2D eigenvalue weighted by Gasteiger charge is -2.11. The maximum atomic E-state index is 12.2. The van der Waals surface area contributed by atoms with Crippen molar-refractivity contribution >= 4 is 23.5 Å². The highest BCUT2D eigenvalue weighted by molar-refractivity contribution is 5.97. The summed E-state index contributed by atoms with van der Waals surface area (Å²) in [5, 5.41) is 2.61. The standard InChI is InChI=1S/C20H21NO7/c1-12-5-6-13(19(23)27-4)9-15(12)21-18(22)11-28-20(24)14-7-8-16(25-2)17(10-14)26-3/h5-10H,11H2,1-4H3,(H,21,22). The molecule has 0 bridgehead atoms. The molecule has 0 saturated heterocycles. The molecule has 0 aliphatic rings. The van der Waals surface area contributed by atoms with Crippen LogP contribution in [0, 0.1) is 6.92 Å². The molecule has 8 nitrogen and oxygen atoms in total. The van der Waals surface area contributed by atoms with Crippen molar-refractivity contribution in [1.82, 2.24) is 0 Å². The zero-order chi connectivity index (χ0) is 20.7. The molecular weight excluding hydrogens is 366 g/mol. The van der Waals surface area contributed by atoms with E-state index >= 15 is 0 Å². The van der Waals surface area contributed by atoms with E-state index in [-0.39, 0.29) is 5.56 Å². The van der Waals surface area contributed by atoms with Gasteiger partial charge in [0, 0.05) is 5.69 Å². The van der Waals surface area contributed by atoms with Gasteiger partial charge < -0.3 is 24.3 Å². The molecule has 0 unspecified atom stereocenters. The molecule has 2 aromatic carbocycles. The van der Waals surface area contributed by atoms with Gasteiger partial charge in [0.25, 0.3) is 5.91 Å². The number of amides is 1. The minimum absolute atomic E-state index is 0.217. The lowest BCUT2D eigenvalue weighted by atomic mass is 10.1. The summed E-state index contributed by atoms with van der Waals surface area (Å²) in [5.74, 6) is -0.903. The van der Waals surface area contributed by atoms with Crippen LogP contribution in [0.5, 0.6) is 11.5 Å². The third kappa shape index (κ3) is 5.00. The molecule has 0 aliphatic heterocycles. The predicted octanol–water partition coefficient (Wildman–Crippen LogP) is 2.59. The van der Waals surface area contributed by atoms with Crippen molar-refractivity contribution in [3.8, 4) is 11.5 Å². The number of rotatable bonds is 7. The number of esters is 2. The summed E-state index contributed by atoms with van der Waals surface area (Å²) < 4.78 is 19.9. The van der Waals surface area contributed by atoms with Crippen LogP contribution in [-0.2, 0) is 14.3 Å². The molecule has 2 aromatic rings. The van der Waals surface area contributed by atoms with Crippen LogP contribution in [0.25, 0.3) is 0 Å². The molecule has 2 rings (SSSR count). The van der Waals surface area contributed by atoms with Crippen molar-refractivity contribution < 1.29 is 33.3 Å². The molecule has 28 heavy (non-hydrogen) atoms. The first-order chi connectivity index (χ1) is 13.4. The Bertz CT molecular complexity index is 892. The smallest absolute Gasteiger partial charge is 0.338 e. The van der Waals surface area contributed by atoms with Crippen LogP contribution in [0.15, 0.2) is 36.4 Å². The fraction of sp³-hybridized carbons (Fsp3) is 0.250. The molecule has 0 aliphatic carbocycles. The van der Waals surface area contributed by atoms with E-state index in [9.17, 15) is 14.4 Å². The molecule has 0 aromatic heterocycles. The highest BCUT2D eigenvalue weighted by atomic mass is 16.5. The third-order valence-electron chi connectivity index (χ3n) is 3.89. The molecule has 0 atom stereocenters. The Morgan fingerprint density at radius 3 is 2.14 bits per heavy atom. The number of ether oxygens (including phenoxy) is 4. The fourth-order valence-electron chi connectivity index (χ4n) is 2.37. The van der Waals surface area contributed by atoms with E-state index in [1.165, 1.54) is 39.5 Å². The number of benzene rings is 2. The van der Waals surface area contributed by atoms with Crippen LogP contribution in [0.2, 0.25) is 0 Å². The van der Waals surface area contributed by atoms with Crippen molar-refractivity contribution in [2.75, 3.05) is 33.3 Å². The third-order valence-corrected chi connectivity index (χ3v) is 3.89. The quantitative estimate of drug-likeness (QED) is 0.729. The molecular formula is C20H21NO7. The molecule has 8 heteroatoms. The molecule has 0 radical (unpaired) electrons. The second-order valence-electron chi connectivity index (χ2n) is 5.72. The SMILES string of the molecule is COC(=O)c1ccc(C)c(NC(=O)COC(=O)c2ccc(OC)c(OC)c2)c1. The van der Waals surface area contributed by atoms with E-state index in [1.807, 2.05) is 0 Å². The molecule has 1 N–H and O–H groups in total.